The highest BCUT2D eigenvalue weighted by Gasteiger charge is 2.32. The fourth-order valence-corrected chi connectivity index (χ4v) is 4.92. The van der Waals surface area contributed by atoms with E-state index in [9.17, 15) is 14.4 Å². The summed E-state index contributed by atoms with van der Waals surface area (Å²) in [5, 5.41) is 2.39. The van der Waals surface area contributed by atoms with Gasteiger partial charge in [0.1, 0.15) is 12.4 Å². The summed E-state index contributed by atoms with van der Waals surface area (Å²) in [6.07, 6.45) is 1.45. The molecule has 0 unspecified atom stereocenters. The van der Waals surface area contributed by atoms with Crippen LogP contribution in [0.5, 0.6) is 5.75 Å². The number of nitrogens with one attached hydrogen (secondary N) is 1. The summed E-state index contributed by atoms with van der Waals surface area (Å²) in [6.45, 7) is 5.82. The Bertz CT molecular complexity index is 1090. The second-order valence-corrected chi connectivity index (χ2v) is 9.44. The molecule has 3 aliphatic heterocycles. The Morgan fingerprint density at radius 2 is 1.77 bits per heavy atom. The minimum atomic E-state index is -0.231. The van der Waals surface area contributed by atoms with Gasteiger partial charge in [0, 0.05) is 49.6 Å². The van der Waals surface area contributed by atoms with Crippen molar-refractivity contribution in [2.45, 2.75) is 39.0 Å². The quantitative estimate of drug-likeness (QED) is 0.588. The molecule has 8 nitrogen and oxygen atoms in total. The molecule has 1 N–H and O–H groups in total. The number of carbonyl (C=O) groups excluding carboxylic acids is 3. The molecule has 0 aromatic heterocycles. The molecule has 184 valence electrons. The average Bonchev–Trinajstić information content (AvgIpc) is 3.20. The summed E-state index contributed by atoms with van der Waals surface area (Å²) in [4.78, 5) is 40.5. The van der Waals surface area contributed by atoms with E-state index < -0.39 is 0 Å². The molecular weight excluding hydrogens is 446 g/mol. The van der Waals surface area contributed by atoms with Gasteiger partial charge < -0.3 is 14.4 Å². The van der Waals surface area contributed by atoms with E-state index in [0.29, 0.717) is 44.5 Å². The molecule has 2 fully saturated rings. The van der Waals surface area contributed by atoms with Crippen LogP contribution in [0, 0.1) is 5.92 Å². The number of benzene rings is 2. The summed E-state index contributed by atoms with van der Waals surface area (Å²) in [7, 11) is 0. The SMILES string of the molecule is O=C1CC[C@@H](CCN2Cc3c(OCc4ccc(CN5CCOCC5)cc4)cccc3C2=O)C(=O)N1. The Morgan fingerprint density at radius 3 is 2.54 bits per heavy atom. The van der Waals surface area contributed by atoms with Crippen molar-refractivity contribution in [1.29, 1.82) is 0 Å². The van der Waals surface area contributed by atoms with E-state index in [2.05, 4.69) is 34.5 Å². The largest absolute Gasteiger partial charge is 0.489 e. The first-order chi connectivity index (χ1) is 17.1. The lowest BCUT2D eigenvalue weighted by atomic mass is 9.94. The van der Waals surface area contributed by atoms with E-state index in [1.54, 1.807) is 4.90 Å². The summed E-state index contributed by atoms with van der Waals surface area (Å²) < 4.78 is 11.6. The van der Waals surface area contributed by atoms with Crippen molar-refractivity contribution in [3.05, 3.63) is 64.7 Å². The lowest BCUT2D eigenvalue weighted by Gasteiger charge is -2.26. The van der Waals surface area contributed by atoms with Crippen LogP contribution in [-0.4, -0.2) is 60.4 Å². The first kappa shape index (κ1) is 23.5. The smallest absolute Gasteiger partial charge is 0.254 e. The van der Waals surface area contributed by atoms with Crippen molar-refractivity contribution in [2.24, 2.45) is 5.92 Å². The first-order valence-electron chi connectivity index (χ1n) is 12.3. The minimum absolute atomic E-state index is 0.0368. The maximum Gasteiger partial charge on any atom is 0.254 e. The zero-order valence-electron chi connectivity index (χ0n) is 19.8. The number of nitrogens with zero attached hydrogens (tertiary/aromatic N) is 2. The molecule has 3 aliphatic rings. The van der Waals surface area contributed by atoms with Crippen LogP contribution in [0.2, 0.25) is 0 Å². The van der Waals surface area contributed by atoms with E-state index in [4.69, 9.17) is 9.47 Å². The number of piperidine rings is 1. The van der Waals surface area contributed by atoms with E-state index in [-0.39, 0.29) is 23.6 Å². The molecule has 0 bridgehead atoms. The van der Waals surface area contributed by atoms with E-state index in [0.717, 1.165) is 49.7 Å². The maximum absolute atomic E-state index is 12.9. The van der Waals surface area contributed by atoms with Gasteiger partial charge in [0.25, 0.3) is 5.91 Å². The van der Waals surface area contributed by atoms with Gasteiger partial charge in [-0.2, -0.15) is 0 Å². The van der Waals surface area contributed by atoms with Crippen LogP contribution in [0.4, 0.5) is 0 Å². The van der Waals surface area contributed by atoms with E-state index in [1.165, 1.54) is 5.56 Å². The fraction of sp³-hybridized carbons (Fsp3) is 0.444. The molecule has 2 aromatic carbocycles. The number of hydrogen-bond acceptors (Lipinski definition) is 6. The highest BCUT2D eigenvalue weighted by atomic mass is 16.5. The third kappa shape index (κ3) is 5.55. The lowest BCUT2D eigenvalue weighted by Crippen LogP contribution is -2.42. The second kappa shape index (κ2) is 10.6. The molecule has 2 saturated heterocycles. The van der Waals surface area contributed by atoms with Crippen LogP contribution in [0.15, 0.2) is 42.5 Å². The van der Waals surface area contributed by atoms with E-state index in [1.807, 2.05) is 18.2 Å². The predicted octanol–water partition coefficient (Wildman–Crippen LogP) is 2.50. The molecular formula is C27H31N3O5. The normalized spacial score (nSPS) is 20.6. The summed E-state index contributed by atoms with van der Waals surface area (Å²) in [5.74, 6) is 0.00272. The molecule has 8 heteroatoms. The van der Waals surface area contributed by atoms with Gasteiger partial charge in [-0.1, -0.05) is 30.3 Å². The third-order valence-corrected chi connectivity index (χ3v) is 7.03. The zero-order valence-corrected chi connectivity index (χ0v) is 19.8. The highest BCUT2D eigenvalue weighted by molar-refractivity contribution is 6.00. The molecule has 0 aliphatic carbocycles. The number of hydrogen-bond donors (Lipinski definition) is 1. The third-order valence-electron chi connectivity index (χ3n) is 7.03. The summed E-state index contributed by atoms with van der Waals surface area (Å²) >= 11 is 0. The van der Waals surface area contributed by atoms with Gasteiger partial charge in [-0.15, -0.1) is 0 Å². The van der Waals surface area contributed by atoms with Gasteiger partial charge >= 0.3 is 0 Å². The van der Waals surface area contributed by atoms with Crippen LogP contribution in [0.25, 0.3) is 0 Å². The van der Waals surface area contributed by atoms with Crippen molar-refractivity contribution >= 4 is 17.7 Å². The van der Waals surface area contributed by atoms with Gasteiger partial charge in [0.15, 0.2) is 0 Å². The van der Waals surface area contributed by atoms with Crippen LogP contribution in [-0.2, 0) is 34.0 Å². The second-order valence-electron chi connectivity index (χ2n) is 9.44. The molecule has 3 heterocycles. The van der Waals surface area contributed by atoms with Crippen LogP contribution < -0.4 is 10.1 Å². The van der Waals surface area contributed by atoms with Crippen molar-refractivity contribution in [2.75, 3.05) is 32.8 Å². The molecule has 0 radical (unpaired) electrons. The van der Waals surface area contributed by atoms with Crippen LogP contribution in [0.1, 0.15) is 46.3 Å². The number of carbonyl (C=O) groups is 3. The Morgan fingerprint density at radius 1 is 1.00 bits per heavy atom. The van der Waals surface area contributed by atoms with Gasteiger partial charge in [-0.25, -0.2) is 0 Å². The number of morpholine rings is 1. The standard InChI is InChI=1S/C27H31N3O5/c31-25-9-8-21(26(32)28-25)10-11-30-17-23-22(27(30)33)2-1-3-24(23)35-18-20-6-4-19(5-7-20)16-29-12-14-34-15-13-29/h1-7,21H,8-18H2,(H,28,31,32)/t21-/m0/s1. The number of amides is 3. The number of ether oxygens (including phenoxy) is 2. The monoisotopic (exact) mass is 477 g/mol. The van der Waals surface area contributed by atoms with Gasteiger partial charge in [0.05, 0.1) is 19.8 Å². The summed E-state index contributed by atoms with van der Waals surface area (Å²) in [6, 6.07) is 14.1. The topological polar surface area (TPSA) is 88.2 Å². The Balaban J connectivity index is 1.16. The van der Waals surface area contributed by atoms with E-state index >= 15 is 0 Å². The molecule has 0 saturated carbocycles. The highest BCUT2D eigenvalue weighted by Crippen LogP contribution is 2.32. The van der Waals surface area contributed by atoms with Crippen molar-refractivity contribution in [3.8, 4) is 5.75 Å². The minimum Gasteiger partial charge on any atom is -0.489 e. The van der Waals surface area contributed by atoms with Crippen molar-refractivity contribution in [1.82, 2.24) is 15.1 Å². The fourth-order valence-electron chi connectivity index (χ4n) is 4.92. The predicted molar refractivity (Wildman–Crippen MR) is 129 cm³/mol. The van der Waals surface area contributed by atoms with Crippen molar-refractivity contribution in [3.63, 3.8) is 0 Å². The molecule has 3 amide bonds. The Hall–Kier alpha value is -3.23. The van der Waals surface area contributed by atoms with Gasteiger partial charge in [-0.3, -0.25) is 24.6 Å². The maximum atomic E-state index is 12.9. The molecule has 0 spiro atoms. The molecule has 5 rings (SSSR count). The first-order valence-corrected chi connectivity index (χ1v) is 12.3. The number of imide groups is 1. The molecule has 35 heavy (non-hydrogen) atoms. The average molecular weight is 478 g/mol. The molecule has 2 aromatic rings. The van der Waals surface area contributed by atoms with Crippen molar-refractivity contribution < 1.29 is 23.9 Å². The number of rotatable bonds is 8. The molecule has 1 atom stereocenters. The zero-order chi connectivity index (χ0) is 24.2. The summed E-state index contributed by atoms with van der Waals surface area (Å²) in [5.41, 5.74) is 3.90. The number of fused-ring (bicyclic) bond motifs is 1. The van der Waals surface area contributed by atoms with Crippen LogP contribution >= 0.6 is 0 Å². The van der Waals surface area contributed by atoms with Crippen LogP contribution in [0.3, 0.4) is 0 Å². The Kier molecular flexibility index (Phi) is 7.11. The lowest BCUT2D eigenvalue weighted by molar-refractivity contribution is -0.136. The Labute approximate surface area is 205 Å². The van der Waals surface area contributed by atoms with Gasteiger partial charge in [0.2, 0.25) is 11.8 Å². The van der Waals surface area contributed by atoms with Gasteiger partial charge in [-0.05, 0) is 36.1 Å².